The van der Waals surface area contributed by atoms with Gasteiger partial charge in [-0.2, -0.15) is 0 Å². The van der Waals surface area contributed by atoms with Crippen LogP contribution in [-0.2, 0) is 24.8 Å². The standard InChI is InChI=1S/C19H23FN4O/c1-4-9-24(12-17-21-8-10-23(17)3)18(25)11-15-13(2)22-19-14(15)6-5-7-16(19)20/h5-8,10,22H,4,9,11-12H2,1-3H3. The molecule has 3 rings (SSSR count). The largest absolute Gasteiger partial charge is 0.356 e. The van der Waals surface area contributed by atoms with E-state index in [9.17, 15) is 9.18 Å². The van der Waals surface area contributed by atoms with Gasteiger partial charge in [-0.15, -0.1) is 0 Å². The number of nitrogens with zero attached hydrogens (tertiary/aromatic N) is 3. The van der Waals surface area contributed by atoms with Crippen molar-refractivity contribution < 1.29 is 9.18 Å². The van der Waals surface area contributed by atoms with E-state index in [0.717, 1.165) is 28.9 Å². The number of carbonyl (C=O) groups excluding carboxylic acids is 1. The monoisotopic (exact) mass is 342 g/mol. The van der Waals surface area contributed by atoms with Crippen molar-refractivity contribution in [2.24, 2.45) is 7.05 Å². The second-order valence-electron chi connectivity index (χ2n) is 6.34. The number of benzene rings is 1. The van der Waals surface area contributed by atoms with E-state index in [1.54, 1.807) is 12.3 Å². The zero-order valence-corrected chi connectivity index (χ0v) is 14.8. The van der Waals surface area contributed by atoms with E-state index in [4.69, 9.17) is 0 Å². The molecule has 0 unspecified atom stereocenters. The SMILES string of the molecule is CCCN(Cc1nccn1C)C(=O)Cc1c(C)[nH]c2c(F)cccc12. The van der Waals surface area contributed by atoms with E-state index in [1.165, 1.54) is 6.07 Å². The summed E-state index contributed by atoms with van der Waals surface area (Å²) in [6.07, 6.45) is 4.73. The van der Waals surface area contributed by atoms with Crippen LogP contribution in [0.4, 0.5) is 4.39 Å². The lowest BCUT2D eigenvalue weighted by molar-refractivity contribution is -0.131. The topological polar surface area (TPSA) is 53.9 Å². The normalized spacial score (nSPS) is 11.2. The van der Waals surface area contributed by atoms with E-state index >= 15 is 0 Å². The zero-order valence-electron chi connectivity index (χ0n) is 14.8. The van der Waals surface area contributed by atoms with Crippen LogP contribution in [0.2, 0.25) is 0 Å². The summed E-state index contributed by atoms with van der Waals surface area (Å²) in [5.41, 5.74) is 2.16. The van der Waals surface area contributed by atoms with Gasteiger partial charge in [0, 0.05) is 37.1 Å². The number of aromatic nitrogens is 3. The summed E-state index contributed by atoms with van der Waals surface area (Å²) < 4.78 is 15.9. The van der Waals surface area contributed by atoms with E-state index in [1.807, 2.05) is 42.6 Å². The minimum Gasteiger partial charge on any atom is -0.356 e. The zero-order chi connectivity index (χ0) is 18.0. The molecule has 0 saturated heterocycles. The molecule has 0 radical (unpaired) electrons. The van der Waals surface area contributed by atoms with E-state index in [-0.39, 0.29) is 18.1 Å². The minimum absolute atomic E-state index is 0.0260. The second kappa shape index (κ2) is 7.09. The Labute approximate surface area is 146 Å². The van der Waals surface area contributed by atoms with Crippen molar-refractivity contribution in [3.8, 4) is 0 Å². The third-order valence-electron chi connectivity index (χ3n) is 4.53. The fraction of sp³-hybridized carbons (Fsp3) is 0.368. The maximum atomic E-state index is 14.0. The molecule has 2 aromatic heterocycles. The highest BCUT2D eigenvalue weighted by atomic mass is 19.1. The minimum atomic E-state index is -0.294. The number of halogens is 1. The van der Waals surface area contributed by atoms with Gasteiger partial charge in [0.15, 0.2) is 0 Å². The molecule has 0 bridgehead atoms. The third kappa shape index (κ3) is 3.43. The maximum Gasteiger partial charge on any atom is 0.227 e. The molecule has 0 aliphatic rings. The predicted octanol–water partition coefficient (Wildman–Crippen LogP) is 3.33. The van der Waals surface area contributed by atoms with Gasteiger partial charge < -0.3 is 14.5 Å². The Morgan fingerprint density at radius 1 is 1.40 bits per heavy atom. The number of hydrogen-bond donors (Lipinski definition) is 1. The molecule has 2 heterocycles. The molecule has 0 atom stereocenters. The number of hydrogen-bond acceptors (Lipinski definition) is 2. The van der Waals surface area contributed by atoms with Crippen LogP contribution in [0.25, 0.3) is 10.9 Å². The molecule has 0 fully saturated rings. The maximum absolute atomic E-state index is 14.0. The molecule has 5 nitrogen and oxygen atoms in total. The Kier molecular flexibility index (Phi) is 4.88. The fourth-order valence-corrected chi connectivity index (χ4v) is 3.14. The lowest BCUT2D eigenvalue weighted by atomic mass is 10.1. The second-order valence-corrected chi connectivity index (χ2v) is 6.34. The molecule has 0 aliphatic carbocycles. The van der Waals surface area contributed by atoms with Crippen LogP contribution in [-0.4, -0.2) is 31.9 Å². The van der Waals surface area contributed by atoms with Crippen molar-refractivity contribution in [2.45, 2.75) is 33.2 Å². The highest BCUT2D eigenvalue weighted by molar-refractivity contribution is 5.90. The lowest BCUT2D eigenvalue weighted by Gasteiger charge is -2.22. The van der Waals surface area contributed by atoms with Gasteiger partial charge in [0.1, 0.15) is 11.6 Å². The number of amides is 1. The van der Waals surface area contributed by atoms with Crippen LogP contribution in [0.15, 0.2) is 30.6 Å². The average Bonchev–Trinajstić information content (AvgIpc) is 3.12. The molecule has 25 heavy (non-hydrogen) atoms. The van der Waals surface area contributed by atoms with Crippen molar-refractivity contribution in [3.63, 3.8) is 0 Å². The van der Waals surface area contributed by atoms with Crippen LogP contribution >= 0.6 is 0 Å². The first kappa shape index (κ1) is 17.2. The molecular weight excluding hydrogens is 319 g/mol. The number of carbonyl (C=O) groups is 1. The molecule has 1 amide bonds. The third-order valence-corrected chi connectivity index (χ3v) is 4.53. The van der Waals surface area contributed by atoms with Crippen LogP contribution in [0.1, 0.15) is 30.4 Å². The summed E-state index contributed by atoms with van der Waals surface area (Å²) in [6.45, 7) is 5.07. The molecule has 6 heteroatoms. The number of nitrogens with one attached hydrogen (secondary N) is 1. The molecule has 132 valence electrons. The number of aryl methyl sites for hydroxylation is 2. The smallest absolute Gasteiger partial charge is 0.227 e. The Bertz CT molecular complexity index is 896. The highest BCUT2D eigenvalue weighted by Gasteiger charge is 2.19. The summed E-state index contributed by atoms with van der Waals surface area (Å²) in [6, 6.07) is 4.96. The molecule has 3 aromatic rings. The van der Waals surface area contributed by atoms with Gasteiger partial charge in [0.05, 0.1) is 18.5 Å². The first-order valence-corrected chi connectivity index (χ1v) is 8.51. The van der Waals surface area contributed by atoms with Gasteiger partial charge in [-0.05, 0) is 25.0 Å². The fourth-order valence-electron chi connectivity index (χ4n) is 3.14. The number of aromatic amines is 1. The van der Waals surface area contributed by atoms with Crippen molar-refractivity contribution in [1.29, 1.82) is 0 Å². The van der Waals surface area contributed by atoms with Gasteiger partial charge in [-0.1, -0.05) is 19.1 Å². The Hall–Kier alpha value is -2.63. The van der Waals surface area contributed by atoms with Gasteiger partial charge in [0.2, 0.25) is 5.91 Å². The first-order chi connectivity index (χ1) is 12.0. The van der Waals surface area contributed by atoms with E-state index in [2.05, 4.69) is 9.97 Å². The number of fused-ring (bicyclic) bond motifs is 1. The summed E-state index contributed by atoms with van der Waals surface area (Å²) >= 11 is 0. The number of rotatable bonds is 6. The van der Waals surface area contributed by atoms with Gasteiger partial charge >= 0.3 is 0 Å². The summed E-state index contributed by atoms with van der Waals surface area (Å²) in [5, 5.41) is 0.777. The summed E-state index contributed by atoms with van der Waals surface area (Å²) in [5.74, 6) is 0.583. The van der Waals surface area contributed by atoms with Gasteiger partial charge in [-0.25, -0.2) is 9.37 Å². The quantitative estimate of drug-likeness (QED) is 0.747. The molecule has 0 saturated carbocycles. The van der Waals surface area contributed by atoms with Crippen LogP contribution in [0, 0.1) is 12.7 Å². The molecular formula is C19H23FN4O. The van der Waals surface area contributed by atoms with Crippen LogP contribution in [0.3, 0.4) is 0 Å². The average molecular weight is 342 g/mol. The molecule has 0 aliphatic heterocycles. The molecule has 1 aromatic carbocycles. The number of imidazole rings is 1. The molecule has 0 spiro atoms. The summed E-state index contributed by atoms with van der Waals surface area (Å²) in [4.78, 5) is 22.1. The Balaban J connectivity index is 1.85. The van der Waals surface area contributed by atoms with Crippen LogP contribution < -0.4 is 0 Å². The van der Waals surface area contributed by atoms with Gasteiger partial charge in [-0.3, -0.25) is 4.79 Å². The van der Waals surface area contributed by atoms with Crippen LogP contribution in [0.5, 0.6) is 0 Å². The van der Waals surface area contributed by atoms with Crippen molar-refractivity contribution in [1.82, 2.24) is 19.4 Å². The van der Waals surface area contributed by atoms with Gasteiger partial charge in [0.25, 0.3) is 0 Å². The molecule has 1 N–H and O–H groups in total. The van der Waals surface area contributed by atoms with Crippen molar-refractivity contribution in [3.05, 3.63) is 53.5 Å². The first-order valence-electron chi connectivity index (χ1n) is 8.51. The predicted molar refractivity (Wildman–Crippen MR) is 95.6 cm³/mol. The highest BCUT2D eigenvalue weighted by Crippen LogP contribution is 2.25. The summed E-state index contributed by atoms with van der Waals surface area (Å²) in [7, 11) is 1.92. The number of H-pyrrole nitrogens is 1. The van der Waals surface area contributed by atoms with Crippen molar-refractivity contribution >= 4 is 16.8 Å². The Morgan fingerprint density at radius 3 is 2.88 bits per heavy atom. The Morgan fingerprint density at radius 2 is 2.20 bits per heavy atom. The van der Waals surface area contributed by atoms with Crippen molar-refractivity contribution in [2.75, 3.05) is 6.54 Å². The van der Waals surface area contributed by atoms with E-state index < -0.39 is 0 Å². The lowest BCUT2D eigenvalue weighted by Crippen LogP contribution is -2.33. The number of para-hydroxylation sites is 1. The van der Waals surface area contributed by atoms with E-state index in [0.29, 0.717) is 18.6 Å².